The highest BCUT2D eigenvalue weighted by atomic mass is 16.5. The van der Waals surface area contributed by atoms with E-state index in [1.165, 1.54) is 0 Å². The van der Waals surface area contributed by atoms with Crippen molar-refractivity contribution in [3.05, 3.63) is 35.9 Å². The Bertz CT molecular complexity index is 722. The number of hydrogen-bond acceptors (Lipinski definition) is 4. The Hall–Kier alpha value is -2.23. The highest BCUT2D eigenvalue weighted by Crippen LogP contribution is 2.49. The number of carbonyl (C=O) groups excluding carboxylic acids is 1. The molecule has 0 fully saturated rings. The van der Waals surface area contributed by atoms with Crippen molar-refractivity contribution in [3.63, 3.8) is 0 Å². The van der Waals surface area contributed by atoms with Crippen LogP contribution in [0.1, 0.15) is 26.3 Å². The lowest BCUT2D eigenvalue weighted by molar-refractivity contribution is -0.151. The van der Waals surface area contributed by atoms with Gasteiger partial charge in [0.1, 0.15) is 23.0 Å². The van der Waals surface area contributed by atoms with Gasteiger partial charge in [-0.05, 0) is 26.8 Å². The van der Waals surface area contributed by atoms with Crippen molar-refractivity contribution in [3.8, 4) is 11.5 Å². The smallest absolute Gasteiger partial charge is 0.320 e. The van der Waals surface area contributed by atoms with E-state index >= 15 is 0 Å². The van der Waals surface area contributed by atoms with Crippen molar-refractivity contribution in [2.24, 2.45) is 0 Å². The number of hydrogen-bond donors (Lipinski definition) is 1. The number of ether oxygens (including phenoxy) is 2. The summed E-state index contributed by atoms with van der Waals surface area (Å²) in [7, 11) is 0. The lowest BCUT2D eigenvalue weighted by Crippen LogP contribution is -2.42. The molecule has 0 saturated heterocycles. The summed E-state index contributed by atoms with van der Waals surface area (Å²) in [6.07, 6.45) is -0.350. The Balaban J connectivity index is 2.27. The predicted octanol–water partition coefficient (Wildman–Crippen LogP) is 3.15. The zero-order valence-electron chi connectivity index (χ0n) is 12.3. The molecule has 2 aromatic carbocycles. The van der Waals surface area contributed by atoms with E-state index < -0.39 is 5.41 Å². The number of rotatable bonds is 2. The number of esters is 1. The number of benzene rings is 2. The summed E-state index contributed by atoms with van der Waals surface area (Å²) in [5.41, 5.74) is -0.225. The quantitative estimate of drug-likeness (QED) is 0.862. The second-order valence-corrected chi connectivity index (χ2v) is 5.50. The van der Waals surface area contributed by atoms with E-state index in [1.807, 2.05) is 31.2 Å². The lowest BCUT2D eigenvalue weighted by Gasteiger charge is -2.25. The largest absolute Gasteiger partial charge is 0.507 e. The normalized spacial score (nSPS) is 23.7. The molecule has 3 rings (SSSR count). The predicted molar refractivity (Wildman–Crippen MR) is 79.7 cm³/mol. The monoisotopic (exact) mass is 286 g/mol. The third-order valence-corrected chi connectivity index (χ3v) is 4.34. The van der Waals surface area contributed by atoms with E-state index in [2.05, 4.69) is 0 Å². The van der Waals surface area contributed by atoms with Crippen molar-refractivity contribution in [1.29, 1.82) is 0 Å². The maximum atomic E-state index is 12.4. The van der Waals surface area contributed by atoms with Crippen LogP contribution in [-0.4, -0.2) is 23.8 Å². The fraction of sp³-hybridized carbons (Fsp3) is 0.353. The van der Waals surface area contributed by atoms with Crippen molar-refractivity contribution < 1.29 is 19.4 Å². The number of phenolic OH excluding ortho intramolecular Hbond substituents is 1. The molecule has 4 nitrogen and oxygen atoms in total. The molecule has 0 spiro atoms. The molecule has 21 heavy (non-hydrogen) atoms. The highest BCUT2D eigenvalue weighted by Gasteiger charge is 2.51. The number of fused-ring (bicyclic) bond motifs is 3. The molecular weight excluding hydrogens is 268 g/mol. The molecule has 1 aliphatic rings. The third-order valence-electron chi connectivity index (χ3n) is 4.34. The van der Waals surface area contributed by atoms with Crippen LogP contribution in [0.2, 0.25) is 0 Å². The zero-order chi connectivity index (χ0) is 15.2. The Morgan fingerprint density at radius 2 is 2.05 bits per heavy atom. The Morgan fingerprint density at radius 3 is 2.71 bits per heavy atom. The Morgan fingerprint density at radius 1 is 1.38 bits per heavy atom. The van der Waals surface area contributed by atoms with Gasteiger partial charge in [-0.25, -0.2) is 0 Å². The van der Waals surface area contributed by atoms with E-state index in [1.54, 1.807) is 19.9 Å². The van der Waals surface area contributed by atoms with Gasteiger partial charge >= 0.3 is 5.97 Å². The van der Waals surface area contributed by atoms with Crippen molar-refractivity contribution in [2.45, 2.75) is 32.3 Å². The average Bonchev–Trinajstić information content (AvgIpc) is 2.74. The molecule has 0 aliphatic carbocycles. The van der Waals surface area contributed by atoms with E-state index in [4.69, 9.17) is 9.47 Å². The second kappa shape index (κ2) is 4.65. The molecule has 4 heteroatoms. The zero-order valence-corrected chi connectivity index (χ0v) is 12.3. The Kier molecular flexibility index (Phi) is 3.04. The van der Waals surface area contributed by atoms with Crippen LogP contribution in [0.4, 0.5) is 0 Å². The van der Waals surface area contributed by atoms with Crippen molar-refractivity contribution in [1.82, 2.24) is 0 Å². The molecule has 110 valence electrons. The Labute approximate surface area is 123 Å². The molecule has 2 atom stereocenters. The maximum Gasteiger partial charge on any atom is 0.320 e. The first-order chi connectivity index (χ1) is 10.00. The van der Waals surface area contributed by atoms with E-state index in [0.29, 0.717) is 17.9 Å². The summed E-state index contributed by atoms with van der Waals surface area (Å²) in [4.78, 5) is 12.4. The summed E-state index contributed by atoms with van der Waals surface area (Å²) in [6.45, 7) is 5.75. The van der Waals surface area contributed by atoms with Crippen LogP contribution >= 0.6 is 0 Å². The first kappa shape index (κ1) is 13.7. The van der Waals surface area contributed by atoms with Gasteiger partial charge in [0.05, 0.1) is 6.61 Å². The van der Waals surface area contributed by atoms with Gasteiger partial charge in [0.2, 0.25) is 0 Å². The summed E-state index contributed by atoms with van der Waals surface area (Å²) in [6, 6.07) is 9.09. The van der Waals surface area contributed by atoms with E-state index in [-0.39, 0.29) is 17.8 Å². The molecule has 1 N–H and O–H groups in total. The second-order valence-electron chi connectivity index (χ2n) is 5.50. The minimum atomic E-state index is -0.910. The van der Waals surface area contributed by atoms with Crippen LogP contribution in [0.3, 0.4) is 0 Å². The fourth-order valence-corrected chi connectivity index (χ4v) is 2.91. The van der Waals surface area contributed by atoms with Gasteiger partial charge in [-0.1, -0.05) is 24.3 Å². The molecule has 1 aliphatic heterocycles. The average molecular weight is 286 g/mol. The van der Waals surface area contributed by atoms with Gasteiger partial charge in [-0.2, -0.15) is 0 Å². The van der Waals surface area contributed by atoms with E-state index in [0.717, 1.165) is 10.8 Å². The maximum absolute atomic E-state index is 12.4. The molecule has 1 heterocycles. The van der Waals surface area contributed by atoms with Gasteiger partial charge in [-0.15, -0.1) is 0 Å². The summed E-state index contributed by atoms with van der Waals surface area (Å²) >= 11 is 0. The first-order valence-corrected chi connectivity index (χ1v) is 7.09. The summed E-state index contributed by atoms with van der Waals surface area (Å²) in [5, 5.41) is 11.8. The van der Waals surface area contributed by atoms with Gasteiger partial charge in [0.15, 0.2) is 0 Å². The van der Waals surface area contributed by atoms with Gasteiger partial charge in [-0.3, -0.25) is 4.79 Å². The molecule has 0 saturated carbocycles. The standard InChI is InChI=1S/C17H18O4/c1-4-20-16(19)17(3)10(2)21-15-12-8-6-5-7-11(12)14(18)9-13(15)17/h5-10,18H,4H2,1-3H3. The van der Waals surface area contributed by atoms with Crippen LogP contribution in [0.15, 0.2) is 30.3 Å². The molecule has 2 aromatic rings. The van der Waals surface area contributed by atoms with Crippen LogP contribution in [0, 0.1) is 0 Å². The number of aromatic hydroxyl groups is 1. The first-order valence-electron chi connectivity index (χ1n) is 7.09. The highest BCUT2D eigenvalue weighted by molar-refractivity contribution is 5.98. The third kappa shape index (κ3) is 1.78. The van der Waals surface area contributed by atoms with Crippen LogP contribution < -0.4 is 4.74 Å². The number of carbonyl (C=O) groups is 1. The van der Waals surface area contributed by atoms with Crippen LogP contribution in [0.25, 0.3) is 10.8 Å². The van der Waals surface area contributed by atoms with Gasteiger partial charge < -0.3 is 14.6 Å². The fourth-order valence-electron chi connectivity index (χ4n) is 2.91. The minimum absolute atomic E-state index is 0.151. The summed E-state index contributed by atoms with van der Waals surface area (Å²) < 4.78 is 11.2. The summed E-state index contributed by atoms with van der Waals surface area (Å²) in [5.74, 6) is 0.481. The molecule has 0 radical (unpaired) electrons. The van der Waals surface area contributed by atoms with Crippen molar-refractivity contribution in [2.75, 3.05) is 6.61 Å². The van der Waals surface area contributed by atoms with E-state index in [9.17, 15) is 9.90 Å². The van der Waals surface area contributed by atoms with Gasteiger partial charge in [0.25, 0.3) is 0 Å². The minimum Gasteiger partial charge on any atom is -0.507 e. The molecule has 0 aromatic heterocycles. The SMILES string of the molecule is CCOC(=O)C1(C)c2cc(O)c3ccccc3c2OC1C. The molecule has 0 amide bonds. The van der Waals surface area contributed by atoms with Crippen molar-refractivity contribution >= 4 is 16.7 Å². The molecule has 2 unspecified atom stereocenters. The van der Waals surface area contributed by atoms with Gasteiger partial charge in [0, 0.05) is 16.3 Å². The molecular formula is C17H18O4. The van der Waals surface area contributed by atoms with Crippen LogP contribution in [0.5, 0.6) is 11.5 Å². The molecule has 0 bridgehead atoms. The van der Waals surface area contributed by atoms with Crippen LogP contribution in [-0.2, 0) is 14.9 Å². The number of phenols is 1. The topological polar surface area (TPSA) is 55.8 Å². The lowest BCUT2D eigenvalue weighted by atomic mass is 9.79.